The lowest BCUT2D eigenvalue weighted by molar-refractivity contribution is 0.147. The highest BCUT2D eigenvalue weighted by Crippen LogP contribution is 2.69. The zero-order valence-electron chi connectivity index (χ0n) is 30.8. The number of likely N-dealkylation sites (tertiary alicyclic amines) is 4. The Kier molecular flexibility index (Phi) is 5.79. The molecule has 8 heterocycles. The van der Waals surface area contributed by atoms with Crippen molar-refractivity contribution in [1.29, 1.82) is 0 Å². The first-order valence-corrected chi connectivity index (χ1v) is 19.7. The van der Waals surface area contributed by atoms with Crippen LogP contribution in [-0.4, -0.2) is 98.6 Å². The van der Waals surface area contributed by atoms with E-state index in [2.05, 4.69) is 154 Å². The van der Waals surface area contributed by atoms with Gasteiger partial charge in [0, 0.05) is 59.8 Å². The van der Waals surface area contributed by atoms with Crippen LogP contribution in [0.25, 0.3) is 0 Å². The van der Waals surface area contributed by atoms with Gasteiger partial charge >= 0.3 is 0 Å². The van der Waals surface area contributed by atoms with Gasteiger partial charge < -0.3 is 21.3 Å². The number of rotatable bonds is 3. The van der Waals surface area contributed by atoms with E-state index in [1.165, 1.54) is 56.1 Å². The Hall–Kier alpha value is -4.08. The number of anilines is 4. The first kappa shape index (κ1) is 30.4. The molecule has 4 fully saturated rings. The number of hydrogen-bond donors (Lipinski definition) is 4. The summed E-state index contributed by atoms with van der Waals surface area (Å²) in [7, 11) is 9.33. The highest BCUT2D eigenvalue weighted by molar-refractivity contribution is 5.81. The minimum atomic E-state index is -0.101. The van der Waals surface area contributed by atoms with Crippen molar-refractivity contribution in [2.75, 3.05) is 75.6 Å². The maximum absolute atomic E-state index is 4.36. The zero-order valence-corrected chi connectivity index (χ0v) is 30.8. The summed E-state index contributed by atoms with van der Waals surface area (Å²) in [5.41, 5.74) is 13.9. The molecule has 0 bridgehead atoms. The molecular weight excluding hydrogens is 641 g/mol. The standard InChI is InChI=1S/C44H50N8/c1-49-23-19-41(27-11-5-7-17-33(27)45-37(41)49)29-13-9-15-31-35(29)47-39-43(31,21-25-51(39)3)44-22-26-52(4)40(44)48-36-30(14-10-16-32(36)44)42-20-24-50(2)38(42)46-34-18-8-6-12-28(34)42/h5-18,37-40,45-48H,19-26H2,1-4H3. The maximum atomic E-state index is 4.36. The smallest absolute Gasteiger partial charge is 0.0933 e. The average molecular weight is 691 g/mol. The Balaban J connectivity index is 1.09. The Morgan fingerprint density at radius 3 is 1.23 bits per heavy atom. The SMILES string of the molecule is CN1CCC2(c3cccc4c3NC3N(C)CCC43C34CCN(C)C3Nc3c(C56CCN(C)C5Nc5ccccc56)cccc34)c3ccccc3NC12. The summed E-state index contributed by atoms with van der Waals surface area (Å²) < 4.78 is 0. The van der Waals surface area contributed by atoms with Crippen LogP contribution in [0.3, 0.4) is 0 Å². The number of benzene rings is 4. The molecule has 8 atom stereocenters. The molecule has 8 nitrogen and oxygen atoms in total. The summed E-state index contributed by atoms with van der Waals surface area (Å²) in [5.74, 6) is 0. The third kappa shape index (κ3) is 3.17. The van der Waals surface area contributed by atoms with Crippen LogP contribution >= 0.6 is 0 Å². The minimum absolute atomic E-state index is 0.100. The molecule has 4 saturated heterocycles. The van der Waals surface area contributed by atoms with Crippen LogP contribution in [-0.2, 0) is 21.7 Å². The molecular formula is C44H50N8. The van der Waals surface area contributed by atoms with E-state index < -0.39 is 0 Å². The van der Waals surface area contributed by atoms with E-state index >= 15 is 0 Å². The third-order valence-electron chi connectivity index (χ3n) is 15.9. The van der Waals surface area contributed by atoms with Crippen LogP contribution < -0.4 is 21.3 Å². The summed E-state index contributed by atoms with van der Waals surface area (Å²) in [6.45, 7) is 4.33. The fourth-order valence-electron chi connectivity index (χ4n) is 13.8. The van der Waals surface area contributed by atoms with Gasteiger partial charge in [0.05, 0.1) is 35.5 Å². The van der Waals surface area contributed by atoms with Crippen molar-refractivity contribution >= 4 is 22.7 Å². The number of hydrogen-bond acceptors (Lipinski definition) is 8. The Bertz CT molecular complexity index is 2030. The van der Waals surface area contributed by atoms with Gasteiger partial charge in [-0.2, -0.15) is 0 Å². The lowest BCUT2D eigenvalue weighted by Gasteiger charge is -2.48. The second kappa shape index (κ2) is 9.91. The van der Waals surface area contributed by atoms with Gasteiger partial charge in [-0.05, 0) is 99.4 Å². The number of nitrogens with zero attached hydrogens (tertiary/aromatic N) is 4. The van der Waals surface area contributed by atoms with Crippen LogP contribution in [0.15, 0.2) is 84.9 Å². The first-order chi connectivity index (χ1) is 25.4. The summed E-state index contributed by atoms with van der Waals surface area (Å²) in [5, 5.41) is 16.7. The third-order valence-corrected chi connectivity index (χ3v) is 15.9. The van der Waals surface area contributed by atoms with E-state index in [9.17, 15) is 0 Å². The van der Waals surface area contributed by atoms with Crippen molar-refractivity contribution in [3.63, 3.8) is 0 Å². The van der Waals surface area contributed by atoms with Crippen LogP contribution in [0.5, 0.6) is 0 Å². The van der Waals surface area contributed by atoms with Crippen molar-refractivity contribution in [3.8, 4) is 0 Å². The summed E-state index contributed by atoms with van der Waals surface area (Å²) in [6, 6.07) is 33.0. The summed E-state index contributed by atoms with van der Waals surface area (Å²) in [6.07, 6.45) is 5.41. The molecule has 4 aromatic rings. The zero-order chi connectivity index (χ0) is 34.8. The molecule has 0 amide bonds. The predicted octanol–water partition coefficient (Wildman–Crippen LogP) is 5.78. The quantitative estimate of drug-likeness (QED) is 0.216. The molecule has 8 heteroatoms. The molecule has 4 N–H and O–H groups in total. The number of nitrogens with one attached hydrogen (secondary N) is 4. The molecule has 12 rings (SSSR count). The van der Waals surface area contributed by atoms with Crippen molar-refractivity contribution < 1.29 is 0 Å². The van der Waals surface area contributed by atoms with Crippen molar-refractivity contribution in [3.05, 3.63) is 118 Å². The van der Waals surface area contributed by atoms with Crippen LogP contribution in [0.2, 0.25) is 0 Å². The van der Waals surface area contributed by atoms with E-state index in [4.69, 9.17) is 0 Å². The highest BCUT2D eigenvalue weighted by atomic mass is 15.4. The van der Waals surface area contributed by atoms with E-state index in [0.717, 1.165) is 51.9 Å². The van der Waals surface area contributed by atoms with Gasteiger partial charge in [-0.3, -0.25) is 19.6 Å². The van der Waals surface area contributed by atoms with Gasteiger partial charge in [-0.15, -0.1) is 0 Å². The molecule has 0 aromatic heterocycles. The molecule has 0 spiro atoms. The lowest BCUT2D eigenvalue weighted by atomic mass is 9.54. The van der Waals surface area contributed by atoms with Crippen LogP contribution in [0.4, 0.5) is 22.7 Å². The summed E-state index contributed by atoms with van der Waals surface area (Å²) >= 11 is 0. The Labute approximate surface area is 307 Å². The molecule has 52 heavy (non-hydrogen) atoms. The topological polar surface area (TPSA) is 61.1 Å². The maximum Gasteiger partial charge on any atom is 0.0933 e. The van der Waals surface area contributed by atoms with E-state index in [1.54, 1.807) is 0 Å². The molecule has 0 radical (unpaired) electrons. The molecule has 8 aliphatic heterocycles. The predicted molar refractivity (Wildman–Crippen MR) is 209 cm³/mol. The normalized spacial score (nSPS) is 38.0. The van der Waals surface area contributed by atoms with E-state index in [0.29, 0.717) is 0 Å². The van der Waals surface area contributed by atoms with Gasteiger partial charge in [-0.1, -0.05) is 72.8 Å². The van der Waals surface area contributed by atoms with Crippen LogP contribution in [0, 0.1) is 0 Å². The van der Waals surface area contributed by atoms with Gasteiger partial charge in [0.25, 0.3) is 0 Å². The van der Waals surface area contributed by atoms with Crippen LogP contribution in [0.1, 0.15) is 59.1 Å². The lowest BCUT2D eigenvalue weighted by Crippen LogP contribution is -2.60. The average Bonchev–Trinajstić information content (AvgIpc) is 4.03. The van der Waals surface area contributed by atoms with Gasteiger partial charge in [-0.25, -0.2) is 0 Å². The molecule has 8 aliphatic rings. The van der Waals surface area contributed by atoms with E-state index in [-0.39, 0.29) is 46.3 Å². The summed E-state index contributed by atoms with van der Waals surface area (Å²) in [4.78, 5) is 10.4. The second-order valence-electron chi connectivity index (χ2n) is 17.5. The fraction of sp³-hybridized carbons (Fsp3) is 0.455. The minimum Gasteiger partial charge on any atom is -0.368 e. The van der Waals surface area contributed by atoms with Crippen molar-refractivity contribution in [1.82, 2.24) is 19.6 Å². The van der Waals surface area contributed by atoms with Gasteiger partial charge in [0.15, 0.2) is 0 Å². The van der Waals surface area contributed by atoms with E-state index in [1.807, 2.05) is 0 Å². The number of likely N-dealkylation sites (N-methyl/N-ethyl adjacent to an activating group) is 4. The molecule has 0 aliphatic carbocycles. The monoisotopic (exact) mass is 690 g/mol. The number of fused-ring (bicyclic) bond motifs is 13. The Morgan fingerprint density at radius 1 is 0.404 bits per heavy atom. The molecule has 8 unspecified atom stereocenters. The molecule has 0 saturated carbocycles. The van der Waals surface area contributed by atoms with Gasteiger partial charge in [0.1, 0.15) is 0 Å². The fourth-order valence-corrected chi connectivity index (χ4v) is 13.8. The van der Waals surface area contributed by atoms with Crippen molar-refractivity contribution in [2.45, 2.75) is 72.0 Å². The number of para-hydroxylation sites is 4. The molecule has 4 aromatic carbocycles. The largest absolute Gasteiger partial charge is 0.368 e. The second-order valence-corrected chi connectivity index (χ2v) is 17.5. The molecule has 266 valence electrons. The van der Waals surface area contributed by atoms with Gasteiger partial charge in [0.2, 0.25) is 0 Å². The van der Waals surface area contributed by atoms with Crippen molar-refractivity contribution in [2.24, 2.45) is 0 Å². The highest BCUT2D eigenvalue weighted by Gasteiger charge is 2.72. The first-order valence-electron chi connectivity index (χ1n) is 19.7. The Morgan fingerprint density at radius 2 is 0.769 bits per heavy atom.